The molecule has 0 aliphatic rings. The van der Waals surface area contributed by atoms with Gasteiger partial charge in [-0.25, -0.2) is 0 Å². The van der Waals surface area contributed by atoms with E-state index in [1.165, 1.54) is 11.1 Å². The molecule has 2 atom stereocenters. The molecule has 0 spiro atoms. The molecule has 84 valence electrons. The first-order valence-electron chi connectivity index (χ1n) is 5.52. The molecular weight excluding hydrogens is 188 g/mol. The van der Waals surface area contributed by atoms with Crippen LogP contribution < -0.4 is 0 Å². The summed E-state index contributed by atoms with van der Waals surface area (Å²) in [7, 11) is 0. The molecule has 0 heterocycles. The van der Waals surface area contributed by atoms with E-state index >= 15 is 0 Å². The van der Waals surface area contributed by atoms with E-state index in [2.05, 4.69) is 38.1 Å². The molecule has 1 aromatic rings. The average Bonchev–Trinajstić information content (AvgIpc) is 2.27. The number of rotatable bonds is 5. The van der Waals surface area contributed by atoms with Crippen LogP contribution in [0.4, 0.5) is 0 Å². The highest BCUT2D eigenvalue weighted by Gasteiger charge is 2.13. The second kappa shape index (κ2) is 5.89. The minimum absolute atomic E-state index is 0.150. The molecule has 15 heavy (non-hydrogen) atoms. The lowest BCUT2D eigenvalue weighted by Crippen LogP contribution is -2.16. The third-order valence-electron chi connectivity index (χ3n) is 2.81. The molecule has 1 aromatic carbocycles. The third-order valence-corrected chi connectivity index (χ3v) is 2.81. The Labute approximate surface area is 91.6 Å². The van der Waals surface area contributed by atoms with Gasteiger partial charge in [-0.3, -0.25) is 0 Å². The summed E-state index contributed by atoms with van der Waals surface area (Å²) in [5.74, 6) is 0.341. The van der Waals surface area contributed by atoms with Gasteiger partial charge in [0.05, 0.1) is 12.7 Å². The topological polar surface area (TPSA) is 40.5 Å². The van der Waals surface area contributed by atoms with Crippen LogP contribution in [0.5, 0.6) is 0 Å². The first-order chi connectivity index (χ1) is 7.17. The van der Waals surface area contributed by atoms with Gasteiger partial charge >= 0.3 is 0 Å². The van der Waals surface area contributed by atoms with Gasteiger partial charge in [0.2, 0.25) is 0 Å². The lowest BCUT2D eigenvalue weighted by Gasteiger charge is -2.18. The summed E-state index contributed by atoms with van der Waals surface area (Å²) in [5.41, 5.74) is 2.49. The van der Waals surface area contributed by atoms with Crippen LogP contribution in [0.2, 0.25) is 0 Å². The lowest BCUT2D eigenvalue weighted by atomic mass is 9.90. The van der Waals surface area contributed by atoms with Crippen LogP contribution in [0, 0.1) is 6.92 Å². The second-order valence-electron chi connectivity index (χ2n) is 4.09. The number of benzene rings is 1. The Balaban J connectivity index is 2.69. The predicted octanol–water partition coefficient (Wildman–Crippen LogP) is 2.23. The summed E-state index contributed by atoms with van der Waals surface area (Å²) in [4.78, 5) is 0. The Morgan fingerprint density at radius 1 is 1.20 bits per heavy atom. The van der Waals surface area contributed by atoms with Crippen LogP contribution in [0.15, 0.2) is 24.3 Å². The molecule has 0 bridgehead atoms. The molecule has 2 heteroatoms. The Morgan fingerprint density at radius 3 is 2.27 bits per heavy atom. The van der Waals surface area contributed by atoms with Crippen LogP contribution in [0.3, 0.4) is 0 Å². The van der Waals surface area contributed by atoms with Gasteiger partial charge in [0.15, 0.2) is 0 Å². The SMILES string of the molecule is CCC(CC(O)CO)c1ccc(C)cc1. The fourth-order valence-corrected chi connectivity index (χ4v) is 1.78. The maximum atomic E-state index is 9.43. The first kappa shape index (κ1) is 12.2. The van der Waals surface area contributed by atoms with Crippen molar-refractivity contribution in [2.24, 2.45) is 0 Å². The smallest absolute Gasteiger partial charge is 0.0776 e. The van der Waals surface area contributed by atoms with Crippen molar-refractivity contribution in [1.82, 2.24) is 0 Å². The molecule has 2 unspecified atom stereocenters. The minimum Gasteiger partial charge on any atom is -0.394 e. The van der Waals surface area contributed by atoms with Gasteiger partial charge in [-0.15, -0.1) is 0 Å². The molecule has 0 amide bonds. The molecule has 0 fully saturated rings. The Kier molecular flexibility index (Phi) is 4.79. The fourth-order valence-electron chi connectivity index (χ4n) is 1.78. The highest BCUT2D eigenvalue weighted by molar-refractivity contribution is 5.24. The molecule has 1 rings (SSSR count). The maximum absolute atomic E-state index is 9.43. The summed E-state index contributed by atoms with van der Waals surface area (Å²) in [6.07, 6.45) is 1.02. The van der Waals surface area contributed by atoms with E-state index in [0.29, 0.717) is 12.3 Å². The monoisotopic (exact) mass is 208 g/mol. The van der Waals surface area contributed by atoms with Crippen LogP contribution in [-0.4, -0.2) is 22.9 Å². The highest BCUT2D eigenvalue weighted by Crippen LogP contribution is 2.24. The van der Waals surface area contributed by atoms with Crippen LogP contribution in [-0.2, 0) is 0 Å². The molecule has 0 aromatic heterocycles. The van der Waals surface area contributed by atoms with Crippen LogP contribution in [0.25, 0.3) is 0 Å². The van der Waals surface area contributed by atoms with Gasteiger partial charge in [0.25, 0.3) is 0 Å². The van der Waals surface area contributed by atoms with E-state index < -0.39 is 6.10 Å². The van der Waals surface area contributed by atoms with Gasteiger partial charge in [0.1, 0.15) is 0 Å². The van der Waals surface area contributed by atoms with E-state index in [1.54, 1.807) is 0 Å². The Hall–Kier alpha value is -0.860. The standard InChI is InChI=1S/C13H20O2/c1-3-11(8-13(15)9-14)12-6-4-10(2)5-7-12/h4-7,11,13-15H,3,8-9H2,1-2H3. The van der Waals surface area contributed by atoms with Crippen molar-refractivity contribution in [2.45, 2.75) is 38.7 Å². The first-order valence-corrected chi connectivity index (χ1v) is 5.52. The summed E-state index contributed by atoms with van der Waals surface area (Å²) in [5, 5.41) is 18.2. The van der Waals surface area contributed by atoms with Gasteiger partial charge < -0.3 is 10.2 Å². The second-order valence-corrected chi connectivity index (χ2v) is 4.09. The number of aliphatic hydroxyl groups is 2. The van der Waals surface area contributed by atoms with Crippen molar-refractivity contribution < 1.29 is 10.2 Å². The van der Waals surface area contributed by atoms with E-state index in [-0.39, 0.29) is 6.61 Å². The summed E-state index contributed by atoms with van der Waals surface area (Å²) in [6.45, 7) is 4.02. The average molecular weight is 208 g/mol. The third kappa shape index (κ3) is 3.65. The van der Waals surface area contributed by atoms with Gasteiger partial charge in [-0.1, -0.05) is 36.8 Å². The maximum Gasteiger partial charge on any atom is 0.0776 e. The number of hydrogen-bond acceptors (Lipinski definition) is 2. The molecule has 0 aliphatic heterocycles. The van der Waals surface area contributed by atoms with Crippen molar-refractivity contribution in [2.75, 3.05) is 6.61 Å². The molecule has 0 saturated heterocycles. The zero-order valence-corrected chi connectivity index (χ0v) is 9.48. The number of hydrogen-bond donors (Lipinski definition) is 2. The summed E-state index contributed by atoms with van der Waals surface area (Å²) >= 11 is 0. The molecule has 0 saturated carbocycles. The van der Waals surface area contributed by atoms with Crippen molar-refractivity contribution in [3.05, 3.63) is 35.4 Å². The fraction of sp³-hybridized carbons (Fsp3) is 0.538. The van der Waals surface area contributed by atoms with E-state index in [1.807, 2.05) is 0 Å². The van der Waals surface area contributed by atoms with E-state index in [9.17, 15) is 5.11 Å². The molecule has 2 nitrogen and oxygen atoms in total. The van der Waals surface area contributed by atoms with Crippen molar-refractivity contribution >= 4 is 0 Å². The van der Waals surface area contributed by atoms with Crippen molar-refractivity contribution in [3.63, 3.8) is 0 Å². The quantitative estimate of drug-likeness (QED) is 0.779. The molecule has 0 radical (unpaired) electrons. The molecular formula is C13H20O2. The van der Waals surface area contributed by atoms with Crippen LogP contribution in [0.1, 0.15) is 36.8 Å². The van der Waals surface area contributed by atoms with Gasteiger partial charge in [-0.2, -0.15) is 0 Å². The zero-order valence-electron chi connectivity index (χ0n) is 9.48. The minimum atomic E-state index is -0.601. The number of aryl methyl sites for hydroxylation is 1. The number of aliphatic hydroxyl groups excluding tert-OH is 2. The van der Waals surface area contributed by atoms with Gasteiger partial charge in [0, 0.05) is 0 Å². The van der Waals surface area contributed by atoms with E-state index in [4.69, 9.17) is 5.11 Å². The van der Waals surface area contributed by atoms with Crippen molar-refractivity contribution in [3.8, 4) is 0 Å². The highest BCUT2D eigenvalue weighted by atomic mass is 16.3. The summed E-state index contributed by atoms with van der Waals surface area (Å²) < 4.78 is 0. The van der Waals surface area contributed by atoms with Crippen LogP contribution >= 0.6 is 0 Å². The van der Waals surface area contributed by atoms with Crippen molar-refractivity contribution in [1.29, 1.82) is 0 Å². The molecule has 0 aliphatic carbocycles. The lowest BCUT2D eigenvalue weighted by molar-refractivity contribution is 0.0817. The normalized spacial score (nSPS) is 14.9. The zero-order chi connectivity index (χ0) is 11.3. The Morgan fingerprint density at radius 2 is 1.80 bits per heavy atom. The largest absolute Gasteiger partial charge is 0.394 e. The summed E-state index contributed by atoms with van der Waals surface area (Å²) in [6, 6.07) is 8.38. The molecule has 2 N–H and O–H groups in total. The predicted molar refractivity (Wildman–Crippen MR) is 61.9 cm³/mol. The van der Waals surface area contributed by atoms with Gasteiger partial charge in [-0.05, 0) is 31.2 Å². The Bertz CT molecular complexity index is 279. The van der Waals surface area contributed by atoms with E-state index in [0.717, 1.165) is 6.42 Å².